The van der Waals surface area contributed by atoms with Gasteiger partial charge in [-0.25, -0.2) is 0 Å². The van der Waals surface area contributed by atoms with Crippen LogP contribution in [0.15, 0.2) is 16.8 Å². The molecule has 2 amide bonds. The largest absolute Gasteiger partial charge is 0.340 e. The number of hydrogen-bond acceptors (Lipinski definition) is 3. The van der Waals surface area contributed by atoms with Crippen LogP contribution in [-0.4, -0.2) is 27.8 Å². The van der Waals surface area contributed by atoms with Crippen molar-refractivity contribution in [2.24, 2.45) is 0 Å². The Morgan fingerprint density at radius 3 is 2.40 bits per heavy atom. The first kappa shape index (κ1) is 15.0. The van der Waals surface area contributed by atoms with Crippen LogP contribution in [0.25, 0.3) is 0 Å². The van der Waals surface area contributed by atoms with E-state index in [4.69, 9.17) is 0 Å². The zero-order valence-electron chi connectivity index (χ0n) is 12.5. The molecule has 0 atom stereocenters. The molecular weight excluding hydrogens is 272 g/mol. The number of carbonyl (C=O) groups excluding carboxylic acids is 2. The normalized spacial score (nSPS) is 20.9. The SMILES string of the molecule is CCC1(CC)C(=O)NC(C)(C)C(=O)N1Cc1ccsc1. The second-order valence-corrected chi connectivity index (χ2v) is 6.62. The number of amides is 2. The van der Waals surface area contributed by atoms with Crippen molar-refractivity contribution in [3.8, 4) is 0 Å². The van der Waals surface area contributed by atoms with E-state index in [0.717, 1.165) is 5.56 Å². The highest BCUT2D eigenvalue weighted by Crippen LogP contribution is 2.33. The first-order chi connectivity index (χ1) is 9.37. The molecule has 0 aromatic carbocycles. The number of nitrogens with one attached hydrogen (secondary N) is 1. The molecule has 1 aromatic heterocycles. The molecule has 20 heavy (non-hydrogen) atoms. The Bertz CT molecular complexity index is 504. The highest BCUT2D eigenvalue weighted by molar-refractivity contribution is 7.07. The molecule has 0 radical (unpaired) electrons. The zero-order valence-corrected chi connectivity index (χ0v) is 13.3. The molecule has 1 aromatic rings. The molecule has 1 N–H and O–H groups in total. The summed E-state index contributed by atoms with van der Waals surface area (Å²) in [4.78, 5) is 27.1. The van der Waals surface area contributed by atoms with Crippen LogP contribution in [0.4, 0.5) is 0 Å². The van der Waals surface area contributed by atoms with Crippen LogP contribution in [0.1, 0.15) is 46.1 Å². The molecule has 4 nitrogen and oxygen atoms in total. The van der Waals surface area contributed by atoms with Crippen LogP contribution >= 0.6 is 11.3 Å². The van der Waals surface area contributed by atoms with Gasteiger partial charge in [0.2, 0.25) is 11.8 Å². The zero-order chi connectivity index (χ0) is 15.0. The van der Waals surface area contributed by atoms with E-state index >= 15 is 0 Å². The van der Waals surface area contributed by atoms with Gasteiger partial charge in [-0.2, -0.15) is 11.3 Å². The molecule has 0 aliphatic carbocycles. The number of nitrogens with zero attached hydrogens (tertiary/aromatic N) is 1. The quantitative estimate of drug-likeness (QED) is 0.927. The highest BCUT2D eigenvalue weighted by Gasteiger charge is 2.53. The third-order valence-electron chi connectivity index (χ3n) is 4.24. The van der Waals surface area contributed by atoms with E-state index in [0.29, 0.717) is 19.4 Å². The minimum atomic E-state index is -0.832. The van der Waals surface area contributed by atoms with Gasteiger partial charge in [-0.15, -0.1) is 0 Å². The lowest BCUT2D eigenvalue weighted by atomic mass is 9.82. The monoisotopic (exact) mass is 294 g/mol. The molecule has 110 valence electrons. The summed E-state index contributed by atoms with van der Waals surface area (Å²) >= 11 is 1.61. The van der Waals surface area contributed by atoms with E-state index < -0.39 is 11.1 Å². The number of thiophene rings is 1. The average molecular weight is 294 g/mol. The molecule has 1 saturated heterocycles. The van der Waals surface area contributed by atoms with Gasteiger partial charge in [-0.05, 0) is 49.1 Å². The molecule has 0 bridgehead atoms. The third-order valence-corrected chi connectivity index (χ3v) is 4.97. The summed E-state index contributed by atoms with van der Waals surface area (Å²) in [5.74, 6) is -0.0469. The van der Waals surface area contributed by atoms with E-state index in [9.17, 15) is 9.59 Å². The molecule has 1 fully saturated rings. The molecule has 2 rings (SSSR count). The first-order valence-corrected chi connectivity index (χ1v) is 7.97. The number of hydrogen-bond donors (Lipinski definition) is 1. The predicted octanol–water partition coefficient (Wildman–Crippen LogP) is 2.54. The fourth-order valence-electron chi connectivity index (χ4n) is 2.85. The summed E-state index contributed by atoms with van der Waals surface area (Å²) in [5.41, 5.74) is -0.477. The molecular formula is C15H22N2O2S. The van der Waals surface area contributed by atoms with Gasteiger partial charge >= 0.3 is 0 Å². The maximum Gasteiger partial charge on any atom is 0.248 e. The smallest absolute Gasteiger partial charge is 0.248 e. The van der Waals surface area contributed by atoms with Crippen LogP contribution in [0.3, 0.4) is 0 Å². The van der Waals surface area contributed by atoms with Gasteiger partial charge in [-0.3, -0.25) is 9.59 Å². The standard InChI is InChI=1S/C15H22N2O2S/c1-5-15(6-2)12(18)16-14(3,4)13(19)17(15)9-11-7-8-20-10-11/h7-8,10H,5-6,9H2,1-4H3,(H,16,18). The Balaban J connectivity index is 2.43. The van der Waals surface area contributed by atoms with Crippen molar-refractivity contribution < 1.29 is 9.59 Å². The molecule has 5 heteroatoms. The van der Waals surface area contributed by atoms with E-state index in [1.54, 1.807) is 30.1 Å². The van der Waals surface area contributed by atoms with Crippen molar-refractivity contribution in [2.45, 2.75) is 58.2 Å². The van der Waals surface area contributed by atoms with Crippen LogP contribution in [0.2, 0.25) is 0 Å². The van der Waals surface area contributed by atoms with E-state index in [1.807, 2.05) is 30.7 Å². The van der Waals surface area contributed by atoms with E-state index in [2.05, 4.69) is 5.32 Å². The third kappa shape index (κ3) is 2.24. The topological polar surface area (TPSA) is 49.4 Å². The van der Waals surface area contributed by atoms with Gasteiger partial charge in [0, 0.05) is 6.54 Å². The molecule has 2 heterocycles. The van der Waals surface area contributed by atoms with Crippen LogP contribution in [-0.2, 0) is 16.1 Å². The average Bonchev–Trinajstić information content (AvgIpc) is 2.89. The van der Waals surface area contributed by atoms with Gasteiger partial charge in [0.1, 0.15) is 11.1 Å². The second-order valence-electron chi connectivity index (χ2n) is 5.84. The van der Waals surface area contributed by atoms with Crippen molar-refractivity contribution in [3.63, 3.8) is 0 Å². The lowest BCUT2D eigenvalue weighted by Gasteiger charge is -2.50. The van der Waals surface area contributed by atoms with Crippen molar-refractivity contribution >= 4 is 23.2 Å². The summed E-state index contributed by atoms with van der Waals surface area (Å²) in [6.07, 6.45) is 1.25. The highest BCUT2D eigenvalue weighted by atomic mass is 32.1. The Kier molecular flexibility index (Phi) is 3.91. The van der Waals surface area contributed by atoms with Crippen molar-refractivity contribution in [3.05, 3.63) is 22.4 Å². The molecule has 0 unspecified atom stereocenters. The molecule has 0 spiro atoms. The van der Waals surface area contributed by atoms with E-state index in [1.165, 1.54) is 0 Å². The van der Waals surface area contributed by atoms with Crippen molar-refractivity contribution in [2.75, 3.05) is 0 Å². The summed E-state index contributed by atoms with van der Waals surface area (Å²) in [6, 6.07) is 2.01. The van der Waals surface area contributed by atoms with Gasteiger partial charge in [0.15, 0.2) is 0 Å². The van der Waals surface area contributed by atoms with Gasteiger partial charge in [0.25, 0.3) is 0 Å². The molecule has 1 aliphatic rings. The Morgan fingerprint density at radius 1 is 1.25 bits per heavy atom. The van der Waals surface area contributed by atoms with Crippen LogP contribution in [0.5, 0.6) is 0 Å². The van der Waals surface area contributed by atoms with E-state index in [-0.39, 0.29) is 11.8 Å². The molecule has 1 aliphatic heterocycles. The maximum absolute atomic E-state index is 12.8. The Labute approximate surface area is 124 Å². The summed E-state index contributed by atoms with van der Waals surface area (Å²) in [5, 5.41) is 6.91. The summed E-state index contributed by atoms with van der Waals surface area (Å²) in [6.45, 7) is 7.97. The Hall–Kier alpha value is -1.36. The van der Waals surface area contributed by atoms with Gasteiger partial charge < -0.3 is 10.2 Å². The maximum atomic E-state index is 12.8. The minimum Gasteiger partial charge on any atom is -0.340 e. The first-order valence-electron chi connectivity index (χ1n) is 7.03. The van der Waals surface area contributed by atoms with Crippen LogP contribution in [0, 0.1) is 0 Å². The van der Waals surface area contributed by atoms with Crippen LogP contribution < -0.4 is 5.32 Å². The number of piperazine rings is 1. The van der Waals surface area contributed by atoms with Gasteiger partial charge in [0.05, 0.1) is 0 Å². The summed E-state index contributed by atoms with van der Waals surface area (Å²) < 4.78 is 0. The second kappa shape index (κ2) is 5.20. The van der Waals surface area contributed by atoms with Crippen molar-refractivity contribution in [1.29, 1.82) is 0 Å². The summed E-state index contributed by atoms with van der Waals surface area (Å²) in [7, 11) is 0. The number of carbonyl (C=O) groups is 2. The number of rotatable bonds is 4. The minimum absolute atomic E-state index is 0.00741. The lowest BCUT2D eigenvalue weighted by molar-refractivity contribution is -0.163. The lowest BCUT2D eigenvalue weighted by Crippen LogP contribution is -2.73. The molecule has 0 saturated carbocycles. The fraction of sp³-hybridized carbons (Fsp3) is 0.600. The van der Waals surface area contributed by atoms with Crippen molar-refractivity contribution in [1.82, 2.24) is 10.2 Å². The van der Waals surface area contributed by atoms with Gasteiger partial charge in [-0.1, -0.05) is 13.8 Å². The predicted molar refractivity (Wildman–Crippen MR) is 80.4 cm³/mol. The Morgan fingerprint density at radius 2 is 1.90 bits per heavy atom. The fourth-order valence-corrected chi connectivity index (χ4v) is 3.51.